The molecular formula is C11H17N5O. The summed E-state index contributed by atoms with van der Waals surface area (Å²) in [6.07, 6.45) is 6.22. The maximum absolute atomic E-state index is 9.38. The van der Waals surface area contributed by atoms with Gasteiger partial charge in [-0.25, -0.2) is 9.97 Å². The molecule has 1 fully saturated rings. The molecule has 4 N–H and O–H groups in total. The van der Waals surface area contributed by atoms with Crippen LogP contribution in [0.1, 0.15) is 25.0 Å². The van der Waals surface area contributed by atoms with Crippen molar-refractivity contribution in [3.8, 4) is 0 Å². The molecule has 1 aromatic heterocycles. The van der Waals surface area contributed by atoms with Crippen LogP contribution in [-0.4, -0.2) is 40.1 Å². The van der Waals surface area contributed by atoms with Crippen molar-refractivity contribution >= 4 is 11.7 Å². The lowest BCUT2D eigenvalue weighted by Gasteiger charge is -2.36. The Bertz CT molecular complexity index is 409. The predicted molar refractivity (Wildman–Crippen MR) is 65.1 cm³/mol. The fourth-order valence-corrected chi connectivity index (χ4v) is 2.20. The summed E-state index contributed by atoms with van der Waals surface area (Å²) in [5, 5.41) is 16.9. The third-order valence-electron chi connectivity index (χ3n) is 3.04. The zero-order valence-corrected chi connectivity index (χ0v) is 9.63. The van der Waals surface area contributed by atoms with E-state index in [1.165, 1.54) is 6.20 Å². The molecule has 2 rings (SSSR count). The molecule has 6 nitrogen and oxygen atoms in total. The van der Waals surface area contributed by atoms with E-state index >= 15 is 0 Å². The van der Waals surface area contributed by atoms with E-state index in [0.717, 1.165) is 25.8 Å². The van der Waals surface area contributed by atoms with Gasteiger partial charge in [0.2, 0.25) is 0 Å². The van der Waals surface area contributed by atoms with Crippen LogP contribution in [0.5, 0.6) is 0 Å². The van der Waals surface area contributed by atoms with Crippen LogP contribution in [0.15, 0.2) is 12.4 Å². The second kappa shape index (κ2) is 5.09. The number of nitrogens with two attached hydrogens (primary N) is 1. The second-order valence-corrected chi connectivity index (χ2v) is 4.17. The number of hydrogen-bond donors (Lipinski definition) is 3. The highest BCUT2D eigenvalue weighted by Gasteiger charge is 2.25. The average molecular weight is 235 g/mol. The first-order valence-corrected chi connectivity index (χ1v) is 5.77. The molecule has 0 radical (unpaired) electrons. The van der Waals surface area contributed by atoms with Crippen molar-refractivity contribution in [2.24, 2.45) is 5.73 Å². The quantitative estimate of drug-likeness (QED) is 0.510. The number of amidine groups is 1. The van der Waals surface area contributed by atoms with Gasteiger partial charge >= 0.3 is 0 Å². The highest BCUT2D eigenvalue weighted by Crippen LogP contribution is 2.24. The van der Waals surface area contributed by atoms with Gasteiger partial charge in [-0.2, -0.15) is 0 Å². The van der Waals surface area contributed by atoms with Gasteiger partial charge in [-0.3, -0.25) is 5.41 Å². The summed E-state index contributed by atoms with van der Waals surface area (Å²) in [7, 11) is 0. The molecular weight excluding hydrogens is 218 g/mol. The fourth-order valence-electron chi connectivity index (χ4n) is 2.20. The number of nitrogens with zero attached hydrogens (tertiary/aromatic N) is 3. The standard InChI is InChI=1S/C11H17N5O/c12-10(13)9-11(15-5-4-14-9)16-6-2-1-3-8(16)7-17/h4-5,8,17H,1-3,6-7H2,(H3,12,13). The lowest BCUT2D eigenvalue weighted by molar-refractivity contribution is 0.239. The Kier molecular flexibility index (Phi) is 3.53. The Labute approximate surface area is 100.0 Å². The van der Waals surface area contributed by atoms with Crippen molar-refractivity contribution in [3.63, 3.8) is 0 Å². The molecule has 0 aromatic carbocycles. The first-order chi connectivity index (χ1) is 8.24. The van der Waals surface area contributed by atoms with Crippen LogP contribution >= 0.6 is 0 Å². The molecule has 1 saturated heterocycles. The number of nitrogens with one attached hydrogen (secondary N) is 1. The summed E-state index contributed by atoms with van der Waals surface area (Å²) in [6, 6.07) is 0.0542. The smallest absolute Gasteiger partial charge is 0.158 e. The van der Waals surface area contributed by atoms with Gasteiger partial charge in [-0.1, -0.05) is 0 Å². The molecule has 1 unspecified atom stereocenters. The van der Waals surface area contributed by atoms with Crippen LogP contribution in [0.2, 0.25) is 0 Å². The van der Waals surface area contributed by atoms with E-state index in [1.54, 1.807) is 6.20 Å². The molecule has 0 aliphatic carbocycles. The van der Waals surface area contributed by atoms with Gasteiger partial charge in [0.1, 0.15) is 11.5 Å². The maximum Gasteiger partial charge on any atom is 0.158 e. The normalized spacial score (nSPS) is 20.3. The number of aromatic nitrogens is 2. The van der Waals surface area contributed by atoms with E-state index in [9.17, 15) is 5.11 Å². The second-order valence-electron chi connectivity index (χ2n) is 4.17. The molecule has 1 aliphatic heterocycles. The van der Waals surface area contributed by atoms with Crippen molar-refractivity contribution in [2.75, 3.05) is 18.1 Å². The minimum Gasteiger partial charge on any atom is -0.394 e. The summed E-state index contributed by atoms with van der Waals surface area (Å²) >= 11 is 0. The first kappa shape index (κ1) is 11.8. The van der Waals surface area contributed by atoms with Gasteiger partial charge in [0.15, 0.2) is 5.82 Å². The molecule has 0 spiro atoms. The van der Waals surface area contributed by atoms with Crippen LogP contribution in [0, 0.1) is 5.41 Å². The summed E-state index contributed by atoms with van der Waals surface area (Å²) in [4.78, 5) is 10.3. The van der Waals surface area contributed by atoms with Crippen molar-refractivity contribution in [1.82, 2.24) is 9.97 Å². The molecule has 1 atom stereocenters. The molecule has 0 amide bonds. The Morgan fingerprint density at radius 2 is 2.24 bits per heavy atom. The van der Waals surface area contributed by atoms with Gasteiger partial charge in [0, 0.05) is 18.9 Å². The predicted octanol–water partition coefficient (Wildman–Crippen LogP) is 0.112. The molecule has 6 heteroatoms. The van der Waals surface area contributed by atoms with Crippen LogP contribution in [0.3, 0.4) is 0 Å². The Morgan fingerprint density at radius 3 is 2.94 bits per heavy atom. The third kappa shape index (κ3) is 2.36. The molecule has 0 saturated carbocycles. The summed E-state index contributed by atoms with van der Waals surface area (Å²) in [5.41, 5.74) is 5.90. The zero-order chi connectivity index (χ0) is 12.3. The lowest BCUT2D eigenvalue weighted by atomic mass is 10.0. The zero-order valence-electron chi connectivity index (χ0n) is 9.63. The van der Waals surface area contributed by atoms with Gasteiger partial charge in [-0.15, -0.1) is 0 Å². The molecule has 1 aliphatic rings. The number of rotatable bonds is 3. The molecule has 92 valence electrons. The number of piperidine rings is 1. The average Bonchev–Trinajstić information content (AvgIpc) is 2.38. The topological polar surface area (TPSA) is 99.1 Å². The summed E-state index contributed by atoms with van der Waals surface area (Å²) < 4.78 is 0. The van der Waals surface area contributed by atoms with Crippen LogP contribution in [-0.2, 0) is 0 Å². The van der Waals surface area contributed by atoms with Gasteiger partial charge in [0.05, 0.1) is 12.6 Å². The van der Waals surface area contributed by atoms with Crippen molar-refractivity contribution in [2.45, 2.75) is 25.3 Å². The van der Waals surface area contributed by atoms with E-state index in [4.69, 9.17) is 11.1 Å². The van der Waals surface area contributed by atoms with E-state index < -0.39 is 0 Å². The fraction of sp³-hybridized carbons (Fsp3) is 0.545. The highest BCUT2D eigenvalue weighted by atomic mass is 16.3. The largest absolute Gasteiger partial charge is 0.394 e. The van der Waals surface area contributed by atoms with Gasteiger partial charge in [0.25, 0.3) is 0 Å². The number of nitrogen functional groups attached to an aromatic ring is 1. The summed E-state index contributed by atoms with van der Waals surface area (Å²) in [5.74, 6) is 0.522. The highest BCUT2D eigenvalue weighted by molar-refractivity contribution is 5.97. The maximum atomic E-state index is 9.38. The lowest BCUT2D eigenvalue weighted by Crippen LogP contribution is -2.43. The molecule has 17 heavy (non-hydrogen) atoms. The van der Waals surface area contributed by atoms with Crippen molar-refractivity contribution < 1.29 is 5.11 Å². The number of aliphatic hydroxyl groups is 1. The minimum absolute atomic E-state index is 0.0542. The van der Waals surface area contributed by atoms with Gasteiger partial charge < -0.3 is 15.7 Å². The van der Waals surface area contributed by atoms with Crippen molar-refractivity contribution in [1.29, 1.82) is 5.41 Å². The first-order valence-electron chi connectivity index (χ1n) is 5.77. The van der Waals surface area contributed by atoms with E-state index in [-0.39, 0.29) is 18.5 Å². The SMILES string of the molecule is N=C(N)c1nccnc1N1CCCCC1CO. The number of aliphatic hydroxyl groups excluding tert-OH is 1. The van der Waals surface area contributed by atoms with Crippen LogP contribution in [0.4, 0.5) is 5.82 Å². The molecule has 2 heterocycles. The van der Waals surface area contributed by atoms with Gasteiger partial charge in [-0.05, 0) is 19.3 Å². The van der Waals surface area contributed by atoms with Crippen LogP contribution < -0.4 is 10.6 Å². The number of hydrogen-bond acceptors (Lipinski definition) is 5. The monoisotopic (exact) mass is 235 g/mol. The van der Waals surface area contributed by atoms with E-state index in [0.29, 0.717) is 11.5 Å². The third-order valence-corrected chi connectivity index (χ3v) is 3.04. The number of anilines is 1. The Hall–Kier alpha value is -1.69. The Balaban J connectivity index is 2.34. The molecule has 1 aromatic rings. The molecule has 0 bridgehead atoms. The van der Waals surface area contributed by atoms with E-state index in [1.807, 2.05) is 4.90 Å². The summed E-state index contributed by atoms with van der Waals surface area (Å²) in [6.45, 7) is 0.915. The van der Waals surface area contributed by atoms with Crippen LogP contribution in [0.25, 0.3) is 0 Å². The van der Waals surface area contributed by atoms with Crippen molar-refractivity contribution in [3.05, 3.63) is 18.1 Å². The Morgan fingerprint density at radius 1 is 1.47 bits per heavy atom. The minimum atomic E-state index is -0.0876. The van der Waals surface area contributed by atoms with E-state index in [2.05, 4.69) is 9.97 Å².